The fourth-order valence-electron chi connectivity index (χ4n) is 2.34. The number of fused-ring (bicyclic) bond motifs is 1. The average molecular weight is 274 g/mol. The summed E-state index contributed by atoms with van der Waals surface area (Å²) in [4.78, 5) is 12.0. The quantitative estimate of drug-likeness (QED) is 0.848. The van der Waals surface area contributed by atoms with E-state index in [1.165, 1.54) is 0 Å². The van der Waals surface area contributed by atoms with Crippen LogP contribution in [-0.4, -0.2) is 28.2 Å². The van der Waals surface area contributed by atoms with Crippen molar-refractivity contribution in [2.24, 2.45) is 0 Å². The van der Waals surface area contributed by atoms with Gasteiger partial charge in [0.05, 0.1) is 6.10 Å². The van der Waals surface area contributed by atoms with E-state index in [0.29, 0.717) is 19.5 Å². The van der Waals surface area contributed by atoms with Crippen molar-refractivity contribution >= 4 is 16.8 Å². The van der Waals surface area contributed by atoms with Crippen molar-refractivity contribution in [1.29, 1.82) is 0 Å². The monoisotopic (exact) mass is 274 g/mol. The highest BCUT2D eigenvalue weighted by molar-refractivity contribution is 5.84. The molecule has 1 unspecified atom stereocenters. The van der Waals surface area contributed by atoms with Crippen LogP contribution in [0.4, 0.5) is 0 Å². The van der Waals surface area contributed by atoms with Crippen molar-refractivity contribution < 1.29 is 9.90 Å². The van der Waals surface area contributed by atoms with Gasteiger partial charge in [0.2, 0.25) is 5.91 Å². The number of aromatic nitrogens is 1. The molecule has 1 atom stereocenters. The highest BCUT2D eigenvalue weighted by Crippen LogP contribution is 2.18. The molecule has 1 aromatic carbocycles. The molecule has 0 bridgehead atoms. The Labute approximate surface area is 119 Å². The minimum Gasteiger partial charge on any atom is -0.393 e. The van der Waals surface area contributed by atoms with E-state index in [1.807, 2.05) is 42.7 Å². The van der Waals surface area contributed by atoms with Crippen LogP contribution in [0.25, 0.3) is 10.9 Å². The lowest BCUT2D eigenvalue weighted by atomic mass is 10.2. The van der Waals surface area contributed by atoms with E-state index in [9.17, 15) is 9.90 Å². The molecule has 2 N–H and O–H groups in total. The molecule has 20 heavy (non-hydrogen) atoms. The van der Waals surface area contributed by atoms with Gasteiger partial charge in [-0.05, 0) is 37.3 Å². The molecule has 1 heterocycles. The number of carbonyl (C=O) groups excluding carboxylic acids is 1. The molecule has 1 amide bonds. The van der Waals surface area contributed by atoms with E-state index in [1.54, 1.807) is 0 Å². The number of hydrogen-bond acceptors (Lipinski definition) is 2. The molecule has 4 heteroatoms. The maximum atomic E-state index is 12.0. The number of hydrogen-bond donors (Lipinski definition) is 2. The SMILES string of the molecule is CCC(O)CCNC(=O)Cn1c(C)cc2ccccc21. The van der Waals surface area contributed by atoms with Crippen LogP contribution in [0.5, 0.6) is 0 Å². The Balaban J connectivity index is 1.98. The lowest BCUT2D eigenvalue weighted by molar-refractivity contribution is -0.121. The van der Waals surface area contributed by atoms with Crippen molar-refractivity contribution in [3.63, 3.8) is 0 Å². The summed E-state index contributed by atoms with van der Waals surface area (Å²) in [5.74, 6) is -0.0160. The Kier molecular flexibility index (Phi) is 4.79. The number of aryl methyl sites for hydroxylation is 1. The minimum atomic E-state index is -0.329. The maximum Gasteiger partial charge on any atom is 0.239 e. The molecule has 2 rings (SSSR count). The smallest absolute Gasteiger partial charge is 0.239 e. The summed E-state index contributed by atoms with van der Waals surface area (Å²) in [6, 6.07) is 10.1. The third-order valence-electron chi connectivity index (χ3n) is 3.59. The average Bonchev–Trinajstić information content (AvgIpc) is 2.75. The zero-order valence-corrected chi connectivity index (χ0v) is 12.1. The number of nitrogens with zero attached hydrogens (tertiary/aromatic N) is 1. The van der Waals surface area contributed by atoms with E-state index in [2.05, 4.69) is 11.4 Å². The van der Waals surface area contributed by atoms with Crippen LogP contribution < -0.4 is 5.32 Å². The van der Waals surface area contributed by atoms with Crippen LogP contribution in [-0.2, 0) is 11.3 Å². The van der Waals surface area contributed by atoms with Gasteiger partial charge in [0.25, 0.3) is 0 Å². The van der Waals surface area contributed by atoms with Gasteiger partial charge in [-0.1, -0.05) is 25.1 Å². The molecular weight excluding hydrogens is 252 g/mol. The molecule has 0 saturated heterocycles. The summed E-state index contributed by atoms with van der Waals surface area (Å²) in [5, 5.41) is 13.5. The van der Waals surface area contributed by atoms with Crippen molar-refractivity contribution in [1.82, 2.24) is 9.88 Å². The zero-order valence-electron chi connectivity index (χ0n) is 12.1. The first-order valence-electron chi connectivity index (χ1n) is 7.11. The highest BCUT2D eigenvalue weighted by Gasteiger charge is 2.09. The van der Waals surface area contributed by atoms with Gasteiger partial charge in [-0.2, -0.15) is 0 Å². The highest BCUT2D eigenvalue weighted by atomic mass is 16.3. The summed E-state index contributed by atoms with van der Waals surface area (Å²) < 4.78 is 2.01. The van der Waals surface area contributed by atoms with Crippen LogP contribution in [0.15, 0.2) is 30.3 Å². The number of carbonyl (C=O) groups is 1. The first-order chi connectivity index (χ1) is 9.61. The van der Waals surface area contributed by atoms with Gasteiger partial charge in [0.15, 0.2) is 0 Å². The predicted octanol–water partition coefficient (Wildman–Crippen LogP) is 2.23. The summed E-state index contributed by atoms with van der Waals surface area (Å²) in [7, 11) is 0. The van der Waals surface area contributed by atoms with Crippen LogP contribution in [0.3, 0.4) is 0 Å². The van der Waals surface area contributed by atoms with Gasteiger partial charge in [-0.15, -0.1) is 0 Å². The molecule has 0 aliphatic carbocycles. The standard InChI is InChI=1S/C16H22N2O2/c1-3-14(19)8-9-17-16(20)11-18-12(2)10-13-6-4-5-7-15(13)18/h4-7,10,14,19H,3,8-9,11H2,1-2H3,(H,17,20). The Hall–Kier alpha value is -1.81. The van der Waals surface area contributed by atoms with Gasteiger partial charge in [-0.3, -0.25) is 4.79 Å². The van der Waals surface area contributed by atoms with Crippen LogP contribution in [0.1, 0.15) is 25.5 Å². The number of aliphatic hydroxyl groups excluding tert-OH is 1. The van der Waals surface area contributed by atoms with Gasteiger partial charge >= 0.3 is 0 Å². The Morgan fingerprint density at radius 1 is 1.40 bits per heavy atom. The summed E-state index contributed by atoms with van der Waals surface area (Å²) >= 11 is 0. The molecule has 1 aromatic heterocycles. The van der Waals surface area contributed by atoms with Crippen molar-refractivity contribution in [2.45, 2.75) is 39.3 Å². The van der Waals surface area contributed by atoms with Gasteiger partial charge in [0.1, 0.15) is 6.54 Å². The predicted molar refractivity (Wildman–Crippen MR) is 80.6 cm³/mol. The topological polar surface area (TPSA) is 54.3 Å². The fourth-order valence-corrected chi connectivity index (χ4v) is 2.34. The minimum absolute atomic E-state index is 0.0160. The van der Waals surface area contributed by atoms with Crippen molar-refractivity contribution in [3.05, 3.63) is 36.0 Å². The largest absolute Gasteiger partial charge is 0.393 e. The second-order valence-electron chi connectivity index (χ2n) is 5.13. The Morgan fingerprint density at radius 3 is 2.90 bits per heavy atom. The second-order valence-corrected chi connectivity index (χ2v) is 5.13. The van der Waals surface area contributed by atoms with E-state index in [-0.39, 0.29) is 12.0 Å². The van der Waals surface area contributed by atoms with Gasteiger partial charge in [0, 0.05) is 17.8 Å². The number of amides is 1. The zero-order chi connectivity index (χ0) is 14.5. The molecule has 0 saturated carbocycles. The Bertz CT molecular complexity index is 589. The second kappa shape index (κ2) is 6.57. The fraction of sp³-hybridized carbons (Fsp3) is 0.438. The van der Waals surface area contributed by atoms with Crippen molar-refractivity contribution in [2.75, 3.05) is 6.54 Å². The molecule has 2 aromatic rings. The van der Waals surface area contributed by atoms with E-state index < -0.39 is 0 Å². The number of nitrogens with one attached hydrogen (secondary N) is 1. The molecule has 4 nitrogen and oxygen atoms in total. The Morgan fingerprint density at radius 2 is 2.15 bits per heavy atom. The van der Waals surface area contributed by atoms with Gasteiger partial charge < -0.3 is 15.0 Å². The van der Waals surface area contributed by atoms with Crippen LogP contribution in [0, 0.1) is 6.92 Å². The summed E-state index contributed by atoms with van der Waals surface area (Å²) in [6.07, 6.45) is 0.995. The number of para-hydroxylation sites is 1. The third kappa shape index (κ3) is 3.39. The summed E-state index contributed by atoms with van der Waals surface area (Å²) in [5.41, 5.74) is 2.16. The van der Waals surface area contributed by atoms with Gasteiger partial charge in [-0.25, -0.2) is 0 Å². The molecule has 0 aliphatic heterocycles. The molecule has 0 fully saturated rings. The third-order valence-corrected chi connectivity index (χ3v) is 3.59. The first-order valence-corrected chi connectivity index (χ1v) is 7.11. The molecule has 0 aliphatic rings. The van der Waals surface area contributed by atoms with E-state index in [4.69, 9.17) is 0 Å². The summed E-state index contributed by atoms with van der Waals surface area (Å²) in [6.45, 7) is 4.78. The lowest BCUT2D eigenvalue weighted by Crippen LogP contribution is -2.30. The molecule has 0 radical (unpaired) electrons. The molecular formula is C16H22N2O2. The normalized spacial score (nSPS) is 12.6. The van der Waals surface area contributed by atoms with Crippen LogP contribution in [0.2, 0.25) is 0 Å². The molecule has 0 spiro atoms. The number of benzene rings is 1. The number of aliphatic hydroxyl groups is 1. The number of rotatable bonds is 6. The maximum absolute atomic E-state index is 12.0. The lowest BCUT2D eigenvalue weighted by Gasteiger charge is -2.11. The van der Waals surface area contributed by atoms with E-state index >= 15 is 0 Å². The first kappa shape index (κ1) is 14.6. The van der Waals surface area contributed by atoms with Crippen molar-refractivity contribution in [3.8, 4) is 0 Å². The van der Waals surface area contributed by atoms with E-state index in [0.717, 1.165) is 23.0 Å². The van der Waals surface area contributed by atoms with Crippen LogP contribution >= 0.6 is 0 Å². The molecule has 108 valence electrons.